The Morgan fingerprint density at radius 1 is 1.90 bits per heavy atom. The average molecular weight is 144 g/mol. The van der Waals surface area contributed by atoms with Gasteiger partial charge >= 0.3 is 0 Å². The zero-order valence-corrected chi connectivity index (χ0v) is 6.04. The summed E-state index contributed by atoms with van der Waals surface area (Å²) >= 11 is 0. The van der Waals surface area contributed by atoms with Gasteiger partial charge in [-0.05, 0) is 0 Å². The number of hydrogen-bond donors (Lipinski definition) is 1. The number of nitrogens with two attached hydrogens (primary N) is 1. The number of rotatable bonds is 1. The van der Waals surface area contributed by atoms with Crippen molar-refractivity contribution in [3.8, 4) is 0 Å². The second-order valence-electron chi connectivity index (χ2n) is 2.44. The van der Waals surface area contributed by atoms with Crippen LogP contribution in [0.2, 0.25) is 0 Å². The summed E-state index contributed by atoms with van der Waals surface area (Å²) in [5.41, 5.74) is 5.35. The summed E-state index contributed by atoms with van der Waals surface area (Å²) in [6.07, 6.45) is 0.0303. The van der Waals surface area contributed by atoms with E-state index in [4.69, 9.17) is 10.5 Å². The maximum Gasteiger partial charge on any atom is 0.248 e. The summed E-state index contributed by atoms with van der Waals surface area (Å²) in [5, 5.41) is 0. The third kappa shape index (κ3) is 1.46. The number of carbonyl (C=O) groups is 1. The van der Waals surface area contributed by atoms with Crippen LogP contribution >= 0.6 is 0 Å². The first kappa shape index (κ1) is 7.50. The second-order valence-corrected chi connectivity index (χ2v) is 2.44. The van der Waals surface area contributed by atoms with Gasteiger partial charge in [0.1, 0.15) is 6.61 Å². The van der Waals surface area contributed by atoms with E-state index in [1.54, 1.807) is 11.9 Å². The summed E-state index contributed by atoms with van der Waals surface area (Å²) in [5.74, 6) is 0.0321. The molecule has 4 nitrogen and oxygen atoms in total. The van der Waals surface area contributed by atoms with Gasteiger partial charge in [0, 0.05) is 20.1 Å². The lowest BCUT2D eigenvalue weighted by Gasteiger charge is -2.28. The van der Waals surface area contributed by atoms with E-state index in [-0.39, 0.29) is 18.6 Å². The highest BCUT2D eigenvalue weighted by Crippen LogP contribution is 2.01. The van der Waals surface area contributed by atoms with Crippen molar-refractivity contribution in [2.75, 3.05) is 26.7 Å². The van der Waals surface area contributed by atoms with E-state index in [9.17, 15) is 4.79 Å². The van der Waals surface area contributed by atoms with Gasteiger partial charge in [-0.2, -0.15) is 0 Å². The molecule has 4 heteroatoms. The van der Waals surface area contributed by atoms with E-state index >= 15 is 0 Å². The van der Waals surface area contributed by atoms with E-state index in [0.717, 1.165) is 0 Å². The van der Waals surface area contributed by atoms with Gasteiger partial charge in [-0.25, -0.2) is 0 Å². The molecule has 1 aliphatic heterocycles. The van der Waals surface area contributed by atoms with Crippen molar-refractivity contribution >= 4 is 5.91 Å². The summed E-state index contributed by atoms with van der Waals surface area (Å²) in [7, 11) is 1.76. The van der Waals surface area contributed by atoms with E-state index in [0.29, 0.717) is 13.1 Å². The molecule has 1 aliphatic rings. The molecule has 0 aromatic heterocycles. The van der Waals surface area contributed by atoms with Gasteiger partial charge in [-0.3, -0.25) is 4.79 Å². The fraction of sp³-hybridized carbons (Fsp3) is 0.833. The number of amides is 1. The molecule has 0 aromatic rings. The minimum Gasteiger partial charge on any atom is -0.365 e. The van der Waals surface area contributed by atoms with Crippen LogP contribution in [0.5, 0.6) is 0 Å². The predicted octanol–water partition coefficient (Wildman–Crippen LogP) is -1.20. The van der Waals surface area contributed by atoms with Crippen molar-refractivity contribution in [2.24, 2.45) is 5.73 Å². The van der Waals surface area contributed by atoms with Crippen LogP contribution in [0, 0.1) is 0 Å². The normalized spacial score (nSPS) is 27.2. The minimum absolute atomic E-state index is 0.0303. The van der Waals surface area contributed by atoms with Crippen LogP contribution in [0.15, 0.2) is 0 Å². The molecule has 1 heterocycles. The zero-order chi connectivity index (χ0) is 7.56. The number of nitrogens with zero attached hydrogens (tertiary/aromatic N) is 1. The molecule has 1 rings (SSSR count). The van der Waals surface area contributed by atoms with Gasteiger partial charge in [0.2, 0.25) is 5.91 Å². The summed E-state index contributed by atoms with van der Waals surface area (Å²) in [4.78, 5) is 12.5. The number of likely N-dealkylation sites (N-methyl/N-ethyl adjacent to an activating group) is 1. The SMILES string of the molecule is CN1C[C@@H](CN)OCC1=O. The van der Waals surface area contributed by atoms with Gasteiger partial charge in [0.25, 0.3) is 0 Å². The molecular weight excluding hydrogens is 132 g/mol. The van der Waals surface area contributed by atoms with Crippen LogP contribution in [0.3, 0.4) is 0 Å². The standard InChI is InChI=1S/C6H12N2O2/c1-8-3-5(2-7)10-4-6(8)9/h5H,2-4,7H2,1H3/t5-/m1/s1. The van der Waals surface area contributed by atoms with Crippen LogP contribution in [0.25, 0.3) is 0 Å². The molecule has 0 bridgehead atoms. The molecule has 1 saturated heterocycles. The molecule has 1 atom stereocenters. The van der Waals surface area contributed by atoms with Crippen molar-refractivity contribution < 1.29 is 9.53 Å². The summed E-state index contributed by atoms with van der Waals surface area (Å²) in [6.45, 7) is 1.28. The molecule has 0 radical (unpaired) electrons. The molecule has 10 heavy (non-hydrogen) atoms. The quantitative estimate of drug-likeness (QED) is 0.503. The molecule has 0 aromatic carbocycles. The van der Waals surface area contributed by atoms with Crippen LogP contribution < -0.4 is 5.73 Å². The van der Waals surface area contributed by atoms with E-state index in [2.05, 4.69) is 0 Å². The van der Waals surface area contributed by atoms with Gasteiger partial charge in [0.15, 0.2) is 0 Å². The first-order valence-corrected chi connectivity index (χ1v) is 3.29. The third-order valence-corrected chi connectivity index (χ3v) is 1.61. The van der Waals surface area contributed by atoms with Gasteiger partial charge in [-0.1, -0.05) is 0 Å². The molecule has 1 amide bonds. The maximum absolute atomic E-state index is 10.8. The van der Waals surface area contributed by atoms with Crippen molar-refractivity contribution in [3.63, 3.8) is 0 Å². The highest BCUT2D eigenvalue weighted by atomic mass is 16.5. The van der Waals surface area contributed by atoms with Crippen molar-refractivity contribution in [1.82, 2.24) is 4.90 Å². The van der Waals surface area contributed by atoms with Crippen molar-refractivity contribution in [1.29, 1.82) is 0 Å². The lowest BCUT2D eigenvalue weighted by Crippen LogP contribution is -2.47. The number of ether oxygens (including phenoxy) is 1. The Balaban J connectivity index is 2.40. The van der Waals surface area contributed by atoms with Crippen LogP contribution in [-0.2, 0) is 9.53 Å². The first-order valence-electron chi connectivity index (χ1n) is 3.29. The molecule has 2 N–H and O–H groups in total. The topological polar surface area (TPSA) is 55.6 Å². The Labute approximate surface area is 59.9 Å². The van der Waals surface area contributed by atoms with Gasteiger partial charge < -0.3 is 15.4 Å². The molecule has 0 spiro atoms. The van der Waals surface area contributed by atoms with Crippen LogP contribution in [0.1, 0.15) is 0 Å². The molecule has 0 aliphatic carbocycles. The maximum atomic E-state index is 10.8. The summed E-state index contributed by atoms with van der Waals surface area (Å²) in [6, 6.07) is 0. The smallest absolute Gasteiger partial charge is 0.248 e. The lowest BCUT2D eigenvalue weighted by molar-refractivity contribution is -0.146. The highest BCUT2D eigenvalue weighted by molar-refractivity contribution is 5.77. The predicted molar refractivity (Wildman–Crippen MR) is 36.4 cm³/mol. The second kappa shape index (κ2) is 2.98. The number of carbonyl (C=O) groups excluding carboxylic acids is 1. The molecule has 1 fully saturated rings. The third-order valence-electron chi connectivity index (χ3n) is 1.61. The Morgan fingerprint density at radius 3 is 3.10 bits per heavy atom. The Bertz CT molecular complexity index is 138. The average Bonchev–Trinajstić information content (AvgIpc) is 1.95. The Kier molecular flexibility index (Phi) is 2.24. The Morgan fingerprint density at radius 2 is 2.60 bits per heavy atom. The molecule has 0 saturated carbocycles. The Hall–Kier alpha value is -0.610. The van der Waals surface area contributed by atoms with Gasteiger partial charge in [0.05, 0.1) is 6.10 Å². The van der Waals surface area contributed by atoms with Crippen molar-refractivity contribution in [2.45, 2.75) is 6.10 Å². The first-order chi connectivity index (χ1) is 4.74. The number of morpholine rings is 1. The molecule has 58 valence electrons. The lowest BCUT2D eigenvalue weighted by atomic mass is 10.3. The fourth-order valence-corrected chi connectivity index (χ4v) is 0.902. The number of hydrogen-bond acceptors (Lipinski definition) is 3. The van der Waals surface area contributed by atoms with E-state index < -0.39 is 0 Å². The van der Waals surface area contributed by atoms with E-state index in [1.165, 1.54) is 0 Å². The van der Waals surface area contributed by atoms with Crippen molar-refractivity contribution in [3.05, 3.63) is 0 Å². The van der Waals surface area contributed by atoms with Crippen LogP contribution in [-0.4, -0.2) is 43.7 Å². The van der Waals surface area contributed by atoms with Gasteiger partial charge in [-0.15, -0.1) is 0 Å². The zero-order valence-electron chi connectivity index (χ0n) is 6.04. The largest absolute Gasteiger partial charge is 0.365 e. The van der Waals surface area contributed by atoms with Crippen LogP contribution in [0.4, 0.5) is 0 Å². The summed E-state index contributed by atoms with van der Waals surface area (Å²) < 4.78 is 5.09. The minimum atomic E-state index is 0.0303. The highest BCUT2D eigenvalue weighted by Gasteiger charge is 2.21. The van der Waals surface area contributed by atoms with E-state index in [1.807, 2.05) is 0 Å². The fourth-order valence-electron chi connectivity index (χ4n) is 0.902. The molecule has 0 unspecified atom stereocenters. The monoisotopic (exact) mass is 144 g/mol. The molecular formula is C6H12N2O2.